The number of benzene rings is 2. The maximum atomic E-state index is 12.9. The Labute approximate surface area is 199 Å². The first kappa shape index (κ1) is 25.6. The summed E-state index contributed by atoms with van der Waals surface area (Å²) in [4.78, 5) is 20.0. The van der Waals surface area contributed by atoms with Gasteiger partial charge in [0, 0.05) is 24.5 Å². The number of aromatic nitrogens is 2. The number of carbonyl (C=O) groups excluding carboxylic acids is 1. The monoisotopic (exact) mass is 502 g/mol. The minimum Gasteiger partial charge on any atom is -0.382 e. The Morgan fingerprint density at radius 3 is 2.32 bits per heavy atom. The molecule has 9 nitrogen and oxygen atoms in total. The van der Waals surface area contributed by atoms with Crippen molar-refractivity contribution in [1.82, 2.24) is 9.97 Å². The lowest BCUT2D eigenvalue weighted by Crippen LogP contribution is -2.20. The molecular formula is C23H27N4O5PS. The lowest BCUT2D eigenvalue weighted by molar-refractivity contribution is 0.102. The van der Waals surface area contributed by atoms with Crippen LogP contribution in [-0.2, 0) is 18.9 Å². The van der Waals surface area contributed by atoms with Gasteiger partial charge in [0.05, 0.1) is 16.8 Å². The van der Waals surface area contributed by atoms with Crippen LogP contribution in [0.1, 0.15) is 29.9 Å². The predicted molar refractivity (Wildman–Crippen MR) is 133 cm³/mol. The van der Waals surface area contributed by atoms with E-state index >= 15 is 0 Å². The van der Waals surface area contributed by atoms with Crippen molar-refractivity contribution in [2.75, 3.05) is 24.3 Å². The van der Waals surface area contributed by atoms with Crippen molar-refractivity contribution in [2.45, 2.75) is 30.7 Å². The summed E-state index contributed by atoms with van der Waals surface area (Å²) in [5, 5.41) is 2.65. The van der Waals surface area contributed by atoms with E-state index in [-0.39, 0.29) is 22.6 Å². The topological polar surface area (TPSA) is 141 Å². The number of carbonyl (C=O) groups is 1. The van der Waals surface area contributed by atoms with Crippen LogP contribution in [-0.4, -0.2) is 42.6 Å². The van der Waals surface area contributed by atoms with Crippen LogP contribution in [0.2, 0.25) is 0 Å². The van der Waals surface area contributed by atoms with Crippen LogP contribution >= 0.6 is 7.37 Å². The van der Waals surface area contributed by atoms with Crippen molar-refractivity contribution >= 4 is 34.6 Å². The smallest absolute Gasteiger partial charge is 0.278 e. The van der Waals surface area contributed by atoms with Crippen LogP contribution in [0.3, 0.4) is 0 Å². The van der Waals surface area contributed by atoms with Crippen molar-refractivity contribution in [1.29, 1.82) is 0 Å². The van der Waals surface area contributed by atoms with Crippen LogP contribution in [0.25, 0.3) is 11.3 Å². The summed E-state index contributed by atoms with van der Waals surface area (Å²) in [7, 11) is -6.02. The fourth-order valence-corrected chi connectivity index (χ4v) is 8.03. The number of rotatable bonds is 8. The average molecular weight is 503 g/mol. The zero-order chi connectivity index (χ0) is 25.1. The van der Waals surface area contributed by atoms with E-state index in [2.05, 4.69) is 15.3 Å². The Bertz CT molecular complexity index is 1330. The number of nitrogens with one attached hydrogen (secondary N) is 1. The maximum Gasteiger partial charge on any atom is 0.278 e. The van der Waals surface area contributed by atoms with E-state index in [0.717, 1.165) is 11.1 Å². The molecular weight excluding hydrogens is 475 g/mol. The summed E-state index contributed by atoms with van der Waals surface area (Å²) in [5.41, 5.74) is 8.53. The number of aryl methyl sites for hydroxylation is 1. The number of nitrogens with two attached hydrogens (primary N) is 1. The second kappa shape index (κ2) is 10.0. The Morgan fingerprint density at radius 2 is 1.76 bits per heavy atom. The van der Waals surface area contributed by atoms with Crippen LogP contribution in [0.4, 0.5) is 11.5 Å². The highest BCUT2D eigenvalue weighted by Gasteiger charge is 2.38. The van der Waals surface area contributed by atoms with Gasteiger partial charge in [-0.25, -0.2) is 18.4 Å². The van der Waals surface area contributed by atoms with E-state index in [1.807, 2.05) is 31.2 Å². The Kier molecular flexibility index (Phi) is 7.55. The lowest BCUT2D eigenvalue weighted by Gasteiger charge is -2.22. The summed E-state index contributed by atoms with van der Waals surface area (Å²) >= 11 is 0. The second-order valence-corrected chi connectivity index (χ2v) is 13.5. The van der Waals surface area contributed by atoms with Gasteiger partial charge in [-0.2, -0.15) is 0 Å². The van der Waals surface area contributed by atoms with Gasteiger partial charge < -0.3 is 15.6 Å². The minimum absolute atomic E-state index is 0.0237. The molecule has 0 saturated heterocycles. The standard InChI is InChI=1S/C23H27N4O5PS/c1-5-33(29,32-4)16(3)34(30,31)19-12-10-18(11-13-19)26-23(28)21-22(24)25-14-20(27-21)17-8-6-15(2)7-9-17/h6-14,16H,5H2,1-4H3,(H2,24,25)(H,26,28)/t16-,33?/m0/s1. The van der Waals surface area contributed by atoms with Gasteiger partial charge in [0.15, 0.2) is 21.3 Å². The first-order chi connectivity index (χ1) is 16.0. The van der Waals surface area contributed by atoms with E-state index in [9.17, 15) is 17.8 Å². The molecule has 3 aromatic rings. The Balaban J connectivity index is 1.82. The van der Waals surface area contributed by atoms with Crippen molar-refractivity contribution in [3.05, 3.63) is 66.0 Å². The number of sulfone groups is 1. The van der Waals surface area contributed by atoms with Crippen molar-refractivity contribution < 1.29 is 22.3 Å². The van der Waals surface area contributed by atoms with Gasteiger partial charge in [0.2, 0.25) is 7.37 Å². The lowest BCUT2D eigenvalue weighted by atomic mass is 10.1. The fourth-order valence-electron chi connectivity index (χ4n) is 3.29. The summed E-state index contributed by atoms with van der Waals surface area (Å²) in [6.45, 7) is 4.97. The molecule has 2 aromatic carbocycles. The van der Waals surface area contributed by atoms with Crippen LogP contribution < -0.4 is 11.1 Å². The number of nitrogen functional groups attached to an aromatic ring is 1. The zero-order valence-corrected chi connectivity index (χ0v) is 21.1. The average Bonchev–Trinajstić information content (AvgIpc) is 2.84. The fraction of sp³-hybridized carbons (Fsp3) is 0.261. The van der Waals surface area contributed by atoms with Crippen molar-refractivity contribution in [3.63, 3.8) is 0 Å². The Morgan fingerprint density at radius 1 is 1.15 bits per heavy atom. The highest BCUT2D eigenvalue weighted by atomic mass is 32.2. The minimum atomic E-state index is -3.91. The van der Waals surface area contributed by atoms with Crippen molar-refractivity contribution in [3.8, 4) is 11.3 Å². The molecule has 1 amide bonds. The van der Waals surface area contributed by atoms with Crippen LogP contribution in [0, 0.1) is 6.92 Å². The molecule has 3 N–H and O–H groups in total. The number of amides is 1. The highest BCUT2D eigenvalue weighted by molar-refractivity contribution is 7.99. The predicted octanol–water partition coefficient (Wildman–Crippen LogP) is 4.35. The molecule has 0 aliphatic carbocycles. The van der Waals surface area contributed by atoms with E-state index in [1.165, 1.54) is 44.5 Å². The second-order valence-electron chi connectivity index (χ2n) is 7.70. The highest BCUT2D eigenvalue weighted by Crippen LogP contribution is 2.53. The molecule has 0 radical (unpaired) electrons. The van der Waals surface area contributed by atoms with E-state index < -0.39 is 28.1 Å². The number of anilines is 2. The van der Waals surface area contributed by atoms with Crippen LogP contribution in [0.5, 0.6) is 0 Å². The van der Waals surface area contributed by atoms with Gasteiger partial charge in [-0.1, -0.05) is 36.8 Å². The number of hydrogen-bond acceptors (Lipinski definition) is 8. The van der Waals surface area contributed by atoms with Gasteiger partial charge in [-0.05, 0) is 38.1 Å². The van der Waals surface area contributed by atoms with E-state index in [1.54, 1.807) is 6.92 Å². The molecule has 1 unspecified atom stereocenters. The van der Waals surface area contributed by atoms with Gasteiger partial charge in [0.25, 0.3) is 5.91 Å². The van der Waals surface area contributed by atoms with Gasteiger partial charge >= 0.3 is 0 Å². The third-order valence-corrected chi connectivity index (χ3v) is 11.8. The number of hydrogen-bond donors (Lipinski definition) is 2. The van der Waals surface area contributed by atoms with Gasteiger partial charge in [0.1, 0.15) is 4.99 Å². The largest absolute Gasteiger partial charge is 0.382 e. The molecule has 11 heteroatoms. The molecule has 3 rings (SSSR count). The van der Waals surface area contributed by atoms with Gasteiger partial charge in [-0.3, -0.25) is 9.36 Å². The normalized spacial score (nSPS) is 14.2. The molecule has 0 aliphatic rings. The SMILES string of the molecule is CCP(=O)(OC)[C@H](C)S(=O)(=O)c1ccc(NC(=O)c2nc(-c3ccc(C)cc3)cnc2N)cc1. The molecule has 0 saturated carbocycles. The molecule has 1 heterocycles. The molecule has 180 valence electrons. The quantitative estimate of drug-likeness (QED) is 0.433. The van der Waals surface area contributed by atoms with E-state index in [4.69, 9.17) is 10.3 Å². The molecule has 1 aromatic heterocycles. The summed E-state index contributed by atoms with van der Waals surface area (Å²) in [5.74, 6) is -0.617. The molecule has 0 fully saturated rings. The number of nitrogens with zero attached hydrogens (tertiary/aromatic N) is 2. The van der Waals surface area contributed by atoms with Crippen molar-refractivity contribution in [2.24, 2.45) is 0 Å². The first-order valence-corrected chi connectivity index (χ1v) is 13.9. The summed E-state index contributed by atoms with van der Waals surface area (Å²) < 4.78 is 43.6. The zero-order valence-electron chi connectivity index (χ0n) is 19.3. The van der Waals surface area contributed by atoms with E-state index in [0.29, 0.717) is 11.4 Å². The first-order valence-electron chi connectivity index (χ1n) is 10.5. The van der Waals surface area contributed by atoms with Crippen LogP contribution in [0.15, 0.2) is 59.6 Å². The molecule has 2 atom stereocenters. The Hall–Kier alpha value is -3.07. The molecule has 0 aliphatic heterocycles. The molecule has 0 bridgehead atoms. The summed E-state index contributed by atoms with van der Waals surface area (Å²) in [6, 6.07) is 13.2. The summed E-state index contributed by atoms with van der Waals surface area (Å²) in [6.07, 6.45) is 1.59. The van der Waals surface area contributed by atoms with Gasteiger partial charge in [-0.15, -0.1) is 0 Å². The maximum absolute atomic E-state index is 12.9. The molecule has 34 heavy (non-hydrogen) atoms. The molecule has 0 spiro atoms. The third-order valence-electron chi connectivity index (χ3n) is 5.56. The third kappa shape index (κ3) is 5.19.